The first-order valence-corrected chi connectivity index (χ1v) is 10.1. The maximum Gasteiger partial charge on any atom is 0.256 e. The minimum Gasteiger partial charge on any atom is -0.508 e. The van der Waals surface area contributed by atoms with E-state index in [4.69, 9.17) is 5.73 Å². The number of aromatic hydroxyl groups is 1. The number of fused-ring (bicyclic) bond motifs is 3. The lowest BCUT2D eigenvalue weighted by Gasteiger charge is -2.51. The summed E-state index contributed by atoms with van der Waals surface area (Å²) in [5.74, 6) is -7.76. The summed E-state index contributed by atoms with van der Waals surface area (Å²) in [5, 5.41) is 54.9. The number of hydrogen-bond acceptors (Lipinski definition) is 8. The fraction of sp³-hybridized carbons (Fsp3) is 0.409. The van der Waals surface area contributed by atoms with Crippen LogP contribution in [0.25, 0.3) is 5.76 Å². The third kappa shape index (κ3) is 2.48. The number of amides is 1. The van der Waals surface area contributed by atoms with Crippen LogP contribution in [0.1, 0.15) is 24.5 Å². The summed E-state index contributed by atoms with van der Waals surface area (Å²) in [7, 11) is 3.17. The maximum atomic E-state index is 13.7. The lowest BCUT2D eigenvalue weighted by molar-refractivity contribution is -0.880. The molecule has 10 heteroatoms. The number of ketones is 2. The second-order valence-electron chi connectivity index (χ2n) is 9.11. The van der Waals surface area contributed by atoms with Crippen LogP contribution in [0.3, 0.4) is 0 Å². The van der Waals surface area contributed by atoms with E-state index in [1.165, 1.54) is 25.1 Å². The molecule has 8 N–H and O–H groups in total. The number of carbonyl (C=O) groups is 3. The van der Waals surface area contributed by atoms with Crippen molar-refractivity contribution in [2.45, 2.75) is 30.6 Å². The number of aliphatic hydroxyl groups excluding tert-OH is 2. The van der Waals surface area contributed by atoms with Gasteiger partial charge in [-0.05, 0) is 25.0 Å². The van der Waals surface area contributed by atoms with E-state index in [0.717, 1.165) is 0 Å². The Morgan fingerprint density at radius 3 is 2.34 bits per heavy atom. The Morgan fingerprint density at radius 2 is 1.78 bits per heavy atom. The van der Waals surface area contributed by atoms with Gasteiger partial charge in [0.15, 0.2) is 11.6 Å². The van der Waals surface area contributed by atoms with Gasteiger partial charge in [-0.25, -0.2) is 0 Å². The van der Waals surface area contributed by atoms with Gasteiger partial charge in [-0.1, -0.05) is 12.1 Å². The standard InChI is InChI=1S/C22H24N2O8/c1-21(31)8-5-4-6-11(25)12(8)16(26)13-9(21)7-10-15(24(2)3)17(27)14(20(23)30)19(29)22(10,32)18(13)28/h4-6,9-10,15,25-26,29,31-32H,7H2,1-3H3,(H2,23,30)/p+1/t9-,10-,15-,21-,22+/m0/s1. The maximum absolute atomic E-state index is 13.7. The van der Waals surface area contributed by atoms with Crippen LogP contribution in [0.4, 0.5) is 0 Å². The van der Waals surface area contributed by atoms with Crippen LogP contribution in [0.2, 0.25) is 0 Å². The lowest BCUT2D eigenvalue weighted by Crippen LogP contribution is -3.13. The third-order valence-corrected chi connectivity index (χ3v) is 7.12. The Kier molecular flexibility index (Phi) is 4.57. The molecule has 0 saturated heterocycles. The van der Waals surface area contributed by atoms with Gasteiger partial charge in [-0.2, -0.15) is 0 Å². The van der Waals surface area contributed by atoms with Gasteiger partial charge in [0.05, 0.1) is 31.2 Å². The lowest BCUT2D eigenvalue weighted by atomic mass is 9.54. The van der Waals surface area contributed by atoms with Crippen LogP contribution in [-0.4, -0.2) is 68.7 Å². The minimum absolute atomic E-state index is 0.167. The van der Waals surface area contributed by atoms with Crippen molar-refractivity contribution in [2.24, 2.45) is 17.6 Å². The first kappa shape index (κ1) is 22.0. The van der Waals surface area contributed by atoms with Crippen LogP contribution >= 0.6 is 0 Å². The van der Waals surface area contributed by atoms with Gasteiger partial charge in [-0.15, -0.1) is 0 Å². The highest BCUT2D eigenvalue weighted by Gasteiger charge is 2.67. The van der Waals surface area contributed by atoms with Crippen LogP contribution in [-0.2, 0) is 20.0 Å². The molecule has 32 heavy (non-hydrogen) atoms. The molecule has 0 aromatic heterocycles. The van der Waals surface area contributed by atoms with Crippen LogP contribution in [0, 0.1) is 11.8 Å². The molecule has 3 aliphatic rings. The molecule has 10 nitrogen and oxygen atoms in total. The Balaban J connectivity index is 2.05. The summed E-state index contributed by atoms with van der Waals surface area (Å²) in [6, 6.07) is 3.11. The summed E-state index contributed by atoms with van der Waals surface area (Å²) in [5.41, 5.74) is -0.466. The zero-order valence-corrected chi connectivity index (χ0v) is 17.7. The molecule has 0 heterocycles. The number of nitrogens with two attached hydrogens (primary N) is 1. The molecule has 1 saturated carbocycles. The number of hydrogen-bond donors (Lipinski definition) is 7. The molecule has 0 bridgehead atoms. The minimum atomic E-state index is -2.72. The summed E-state index contributed by atoms with van der Waals surface area (Å²) in [4.78, 5) is 39.1. The molecule has 1 fully saturated rings. The number of Topliss-reactive ketones (excluding diaryl/α,β-unsaturated/α-hetero) is 2. The second-order valence-corrected chi connectivity index (χ2v) is 9.11. The van der Waals surface area contributed by atoms with Crippen molar-refractivity contribution in [2.75, 3.05) is 14.1 Å². The normalized spacial score (nSPS) is 34.4. The van der Waals surface area contributed by atoms with Crippen LogP contribution < -0.4 is 10.6 Å². The first-order valence-electron chi connectivity index (χ1n) is 10.1. The molecule has 170 valence electrons. The molecule has 3 aliphatic carbocycles. The predicted octanol–water partition coefficient (Wildman–Crippen LogP) is -1.79. The number of phenols is 1. The molecule has 5 atom stereocenters. The van der Waals surface area contributed by atoms with Crippen molar-refractivity contribution < 1.29 is 44.8 Å². The van der Waals surface area contributed by atoms with Crippen molar-refractivity contribution in [3.8, 4) is 5.75 Å². The fourth-order valence-corrected chi connectivity index (χ4v) is 5.60. The molecule has 0 aliphatic heterocycles. The van der Waals surface area contributed by atoms with Gasteiger partial charge >= 0.3 is 0 Å². The van der Waals surface area contributed by atoms with Crippen molar-refractivity contribution in [1.82, 2.24) is 0 Å². The van der Waals surface area contributed by atoms with Gasteiger partial charge in [-0.3, -0.25) is 14.4 Å². The summed E-state index contributed by atoms with van der Waals surface area (Å²) < 4.78 is 0. The number of quaternary nitrogens is 1. The molecule has 1 amide bonds. The molecule has 1 aromatic rings. The molecular formula is C22H25N2O8+. The highest BCUT2D eigenvalue weighted by Crippen LogP contribution is 2.56. The monoisotopic (exact) mass is 445 g/mol. The largest absolute Gasteiger partial charge is 0.508 e. The van der Waals surface area contributed by atoms with Gasteiger partial charge in [0.25, 0.3) is 5.91 Å². The number of phenolic OH excluding ortho intramolecular Hbond substituents is 1. The molecule has 0 unspecified atom stereocenters. The Bertz CT molecular complexity index is 1150. The average molecular weight is 445 g/mol. The number of primary amides is 1. The van der Waals surface area contributed by atoms with E-state index in [1.54, 1.807) is 14.1 Å². The van der Waals surface area contributed by atoms with Gasteiger partial charge in [0, 0.05) is 11.5 Å². The highest BCUT2D eigenvalue weighted by molar-refractivity contribution is 6.24. The van der Waals surface area contributed by atoms with E-state index in [0.29, 0.717) is 4.90 Å². The van der Waals surface area contributed by atoms with Gasteiger partial charge in [0.1, 0.15) is 22.8 Å². The highest BCUT2D eigenvalue weighted by atomic mass is 16.3. The zero-order valence-electron chi connectivity index (χ0n) is 17.7. The van der Waals surface area contributed by atoms with E-state index < -0.39 is 69.2 Å². The van der Waals surface area contributed by atoms with Crippen molar-refractivity contribution in [3.05, 3.63) is 46.2 Å². The van der Waals surface area contributed by atoms with E-state index in [2.05, 4.69) is 0 Å². The zero-order chi connectivity index (χ0) is 23.9. The van der Waals surface area contributed by atoms with E-state index in [-0.39, 0.29) is 23.3 Å². The predicted molar refractivity (Wildman–Crippen MR) is 109 cm³/mol. The average Bonchev–Trinajstić information content (AvgIpc) is 2.68. The van der Waals surface area contributed by atoms with Gasteiger partial charge < -0.3 is 36.2 Å². The molecule has 0 radical (unpaired) electrons. The fourth-order valence-electron chi connectivity index (χ4n) is 5.60. The number of rotatable bonds is 2. The van der Waals surface area contributed by atoms with Crippen LogP contribution in [0.5, 0.6) is 5.75 Å². The quantitative estimate of drug-likeness (QED) is 0.260. The Morgan fingerprint density at radius 1 is 1.16 bits per heavy atom. The number of nitrogens with one attached hydrogen (secondary N) is 1. The third-order valence-electron chi connectivity index (χ3n) is 7.12. The molecule has 0 spiro atoms. The SMILES string of the molecule is C[NH+](C)[C@@H]1C(=O)C(C(N)=O)=C(O)[C@]2(O)C(=O)C3=C(O)c4c(O)cccc4[C@](C)(O)[C@H]3C[C@@H]12. The topological polar surface area (TPSA) is 183 Å². The molecule has 1 aromatic carbocycles. The molecule has 4 rings (SSSR count). The number of aliphatic hydroxyl groups is 4. The Labute approximate surface area is 182 Å². The Hall–Kier alpha value is -3.21. The van der Waals surface area contributed by atoms with E-state index in [9.17, 15) is 39.9 Å². The second kappa shape index (κ2) is 6.64. The number of benzene rings is 1. The van der Waals surface area contributed by atoms with Crippen molar-refractivity contribution in [3.63, 3.8) is 0 Å². The summed E-state index contributed by atoms with van der Waals surface area (Å²) >= 11 is 0. The smallest absolute Gasteiger partial charge is 0.256 e. The summed E-state index contributed by atoms with van der Waals surface area (Å²) in [6.45, 7) is 1.41. The van der Waals surface area contributed by atoms with Gasteiger partial charge in [0.2, 0.25) is 11.6 Å². The molecular weight excluding hydrogens is 420 g/mol. The van der Waals surface area contributed by atoms with E-state index in [1.807, 2.05) is 0 Å². The van der Waals surface area contributed by atoms with Crippen LogP contribution in [0.15, 0.2) is 35.1 Å². The number of likely N-dealkylation sites (N-methyl/N-ethyl adjacent to an activating group) is 1. The van der Waals surface area contributed by atoms with E-state index >= 15 is 0 Å². The first-order chi connectivity index (χ1) is 14.8. The van der Waals surface area contributed by atoms with Crippen molar-refractivity contribution >= 4 is 23.2 Å². The summed E-state index contributed by atoms with van der Waals surface area (Å²) in [6.07, 6.45) is -0.179. The number of carbonyl (C=O) groups excluding carboxylic acids is 3. The van der Waals surface area contributed by atoms with Crippen molar-refractivity contribution in [1.29, 1.82) is 0 Å².